The maximum atomic E-state index is 15.1. The van der Waals surface area contributed by atoms with E-state index in [1.165, 1.54) is 19.1 Å². The van der Waals surface area contributed by atoms with Crippen LogP contribution in [0.2, 0.25) is 0 Å². The minimum Gasteiger partial charge on any atom is -0.496 e. The molecule has 4 rings (SSSR count). The second-order valence-electron chi connectivity index (χ2n) is 8.04. The van der Waals surface area contributed by atoms with Gasteiger partial charge in [-0.1, -0.05) is 18.2 Å². The number of anilines is 1. The quantitative estimate of drug-likeness (QED) is 0.333. The summed E-state index contributed by atoms with van der Waals surface area (Å²) < 4.78 is 25.6. The van der Waals surface area contributed by atoms with Gasteiger partial charge in [-0.2, -0.15) is 0 Å². The molecule has 0 aliphatic rings. The molecule has 2 heterocycles. The van der Waals surface area contributed by atoms with Gasteiger partial charge in [0.2, 0.25) is 0 Å². The van der Waals surface area contributed by atoms with Crippen LogP contribution in [0.4, 0.5) is 14.9 Å². The van der Waals surface area contributed by atoms with Crippen molar-refractivity contribution in [3.05, 3.63) is 66.2 Å². The van der Waals surface area contributed by atoms with Crippen LogP contribution < -0.4 is 10.1 Å². The first-order chi connectivity index (χ1) is 16.3. The van der Waals surface area contributed by atoms with E-state index in [-0.39, 0.29) is 17.4 Å². The van der Waals surface area contributed by atoms with Crippen LogP contribution >= 0.6 is 0 Å². The largest absolute Gasteiger partial charge is 0.496 e. The van der Waals surface area contributed by atoms with Gasteiger partial charge >= 0.3 is 6.09 Å². The van der Waals surface area contributed by atoms with Crippen LogP contribution in [0.1, 0.15) is 31.1 Å². The molecule has 2 aromatic carbocycles. The number of Topliss-reactive ketones (excluding diaryl/α,β-unsaturated/α-hetero) is 1. The van der Waals surface area contributed by atoms with Gasteiger partial charge in [-0.25, -0.2) is 14.2 Å². The number of rotatable bonds is 6. The van der Waals surface area contributed by atoms with E-state index in [4.69, 9.17) is 9.47 Å². The standard InChI is InChI=1S/C26H24FN3O4/c1-14(2)34-26(32)30-24-19(15(3)31)9-16(11-22(24)27)17-10-20-21(13-29-25(20)28-12-17)18-7-5-6-8-23(18)33-4/h5-14H,1-4H3,(H,28,29)(H,30,32). The summed E-state index contributed by atoms with van der Waals surface area (Å²) in [4.78, 5) is 31.9. The fourth-order valence-corrected chi connectivity index (χ4v) is 3.77. The molecule has 0 bridgehead atoms. The minimum absolute atomic E-state index is 0.0369. The van der Waals surface area contributed by atoms with Crippen molar-refractivity contribution in [3.8, 4) is 28.0 Å². The molecule has 2 aromatic heterocycles. The molecule has 0 atom stereocenters. The molecule has 0 aliphatic carbocycles. The highest BCUT2D eigenvalue weighted by molar-refractivity contribution is 6.04. The molecule has 2 N–H and O–H groups in total. The van der Waals surface area contributed by atoms with Crippen LogP contribution in [0.15, 0.2) is 54.9 Å². The number of hydrogen-bond donors (Lipinski definition) is 2. The number of fused-ring (bicyclic) bond motifs is 1. The summed E-state index contributed by atoms with van der Waals surface area (Å²) in [5.74, 6) is -0.434. The fraction of sp³-hybridized carbons (Fsp3) is 0.192. The van der Waals surface area contributed by atoms with Gasteiger partial charge in [0.15, 0.2) is 5.78 Å². The summed E-state index contributed by atoms with van der Waals surface area (Å²) >= 11 is 0. The Morgan fingerprint density at radius 3 is 2.56 bits per heavy atom. The van der Waals surface area contributed by atoms with E-state index in [0.29, 0.717) is 22.5 Å². The lowest BCUT2D eigenvalue weighted by Gasteiger charge is -2.14. The van der Waals surface area contributed by atoms with Crippen molar-refractivity contribution in [2.75, 3.05) is 12.4 Å². The molecule has 0 spiro atoms. The van der Waals surface area contributed by atoms with E-state index >= 15 is 4.39 Å². The van der Waals surface area contributed by atoms with Gasteiger partial charge in [0, 0.05) is 40.0 Å². The number of pyridine rings is 1. The van der Waals surface area contributed by atoms with Crippen LogP contribution in [-0.4, -0.2) is 35.1 Å². The number of ketones is 1. The number of ether oxygens (including phenoxy) is 2. The van der Waals surface area contributed by atoms with Crippen molar-refractivity contribution in [2.24, 2.45) is 0 Å². The molecule has 0 saturated carbocycles. The summed E-state index contributed by atoms with van der Waals surface area (Å²) in [5, 5.41) is 3.16. The van der Waals surface area contributed by atoms with Crippen molar-refractivity contribution in [1.29, 1.82) is 0 Å². The van der Waals surface area contributed by atoms with E-state index in [2.05, 4.69) is 15.3 Å². The molecular weight excluding hydrogens is 437 g/mol. The first-order valence-corrected chi connectivity index (χ1v) is 10.7. The van der Waals surface area contributed by atoms with E-state index in [9.17, 15) is 9.59 Å². The average molecular weight is 461 g/mol. The van der Waals surface area contributed by atoms with Gasteiger partial charge < -0.3 is 14.5 Å². The first-order valence-electron chi connectivity index (χ1n) is 10.7. The van der Waals surface area contributed by atoms with Crippen molar-refractivity contribution < 1.29 is 23.5 Å². The molecule has 0 saturated heterocycles. The SMILES string of the molecule is COc1ccccc1-c1c[nH]c2ncc(-c3cc(F)c(NC(=O)OC(C)C)c(C(C)=O)c3)cc12. The van der Waals surface area contributed by atoms with Crippen molar-refractivity contribution in [1.82, 2.24) is 9.97 Å². The Labute approximate surface area is 195 Å². The summed E-state index contributed by atoms with van der Waals surface area (Å²) in [6, 6.07) is 12.3. The Morgan fingerprint density at radius 2 is 1.85 bits per heavy atom. The number of para-hydroxylation sites is 1. The predicted octanol–water partition coefficient (Wildman–Crippen LogP) is 6.20. The summed E-state index contributed by atoms with van der Waals surface area (Å²) in [7, 11) is 1.61. The Morgan fingerprint density at radius 1 is 1.09 bits per heavy atom. The first kappa shape index (κ1) is 23.0. The molecule has 8 heteroatoms. The third-order valence-corrected chi connectivity index (χ3v) is 5.30. The summed E-state index contributed by atoms with van der Waals surface area (Å²) in [5.41, 5.74) is 3.31. The number of H-pyrrole nitrogens is 1. The number of benzene rings is 2. The van der Waals surface area contributed by atoms with Crippen molar-refractivity contribution in [3.63, 3.8) is 0 Å². The number of halogens is 1. The number of carbonyl (C=O) groups is 2. The number of methoxy groups -OCH3 is 1. The molecule has 0 aliphatic heterocycles. The normalized spacial score (nSPS) is 11.0. The lowest BCUT2D eigenvalue weighted by atomic mass is 9.98. The highest BCUT2D eigenvalue weighted by Gasteiger charge is 2.20. The van der Waals surface area contributed by atoms with E-state index in [1.807, 2.05) is 36.5 Å². The third kappa shape index (κ3) is 4.47. The maximum Gasteiger partial charge on any atom is 0.411 e. The van der Waals surface area contributed by atoms with Crippen LogP contribution in [0, 0.1) is 5.82 Å². The van der Waals surface area contributed by atoms with E-state index < -0.39 is 17.7 Å². The predicted molar refractivity (Wildman–Crippen MR) is 129 cm³/mol. The number of hydrogen-bond acceptors (Lipinski definition) is 5. The molecule has 0 fully saturated rings. The third-order valence-electron chi connectivity index (χ3n) is 5.30. The number of aromatic nitrogens is 2. The topological polar surface area (TPSA) is 93.3 Å². The zero-order valence-electron chi connectivity index (χ0n) is 19.2. The van der Waals surface area contributed by atoms with Gasteiger partial charge in [-0.05, 0) is 50.6 Å². The minimum atomic E-state index is -0.832. The maximum absolute atomic E-state index is 15.1. The van der Waals surface area contributed by atoms with Crippen LogP contribution in [0.3, 0.4) is 0 Å². The molecule has 7 nitrogen and oxygen atoms in total. The van der Waals surface area contributed by atoms with Crippen molar-refractivity contribution >= 4 is 28.6 Å². The number of carbonyl (C=O) groups excluding carboxylic acids is 2. The number of nitrogens with one attached hydrogen (secondary N) is 2. The molecule has 34 heavy (non-hydrogen) atoms. The van der Waals surface area contributed by atoms with Crippen LogP contribution in [0.5, 0.6) is 5.75 Å². The smallest absolute Gasteiger partial charge is 0.411 e. The Hall–Kier alpha value is -4.20. The van der Waals surface area contributed by atoms with Gasteiger partial charge in [0.1, 0.15) is 17.2 Å². The zero-order chi connectivity index (χ0) is 24.4. The zero-order valence-corrected chi connectivity index (χ0v) is 19.2. The summed E-state index contributed by atoms with van der Waals surface area (Å²) in [6.07, 6.45) is 2.22. The number of aromatic amines is 1. The lowest BCUT2D eigenvalue weighted by Crippen LogP contribution is -2.20. The number of nitrogens with zero attached hydrogens (tertiary/aromatic N) is 1. The Kier molecular flexibility index (Phi) is 6.32. The van der Waals surface area contributed by atoms with Crippen LogP contribution in [-0.2, 0) is 4.74 Å². The van der Waals surface area contributed by atoms with Crippen molar-refractivity contribution in [2.45, 2.75) is 26.9 Å². The molecule has 4 aromatic rings. The molecule has 1 amide bonds. The molecule has 0 radical (unpaired) electrons. The van der Waals surface area contributed by atoms with Gasteiger partial charge in [-0.3, -0.25) is 10.1 Å². The molecular formula is C26H24FN3O4. The Bertz CT molecular complexity index is 1390. The lowest BCUT2D eigenvalue weighted by molar-refractivity contribution is 0.101. The molecule has 174 valence electrons. The summed E-state index contributed by atoms with van der Waals surface area (Å²) in [6.45, 7) is 4.66. The molecule has 0 unspecified atom stereocenters. The number of amides is 1. The second-order valence-corrected chi connectivity index (χ2v) is 8.04. The second kappa shape index (κ2) is 9.35. The monoisotopic (exact) mass is 461 g/mol. The van der Waals surface area contributed by atoms with E-state index in [1.54, 1.807) is 27.2 Å². The fourth-order valence-electron chi connectivity index (χ4n) is 3.77. The van der Waals surface area contributed by atoms with Crippen LogP contribution in [0.25, 0.3) is 33.3 Å². The highest BCUT2D eigenvalue weighted by atomic mass is 19.1. The highest BCUT2D eigenvalue weighted by Crippen LogP contribution is 2.37. The van der Waals surface area contributed by atoms with Gasteiger partial charge in [0.25, 0.3) is 0 Å². The Balaban J connectivity index is 1.80. The van der Waals surface area contributed by atoms with E-state index in [0.717, 1.165) is 16.5 Å². The average Bonchev–Trinajstić information content (AvgIpc) is 3.22. The van der Waals surface area contributed by atoms with Gasteiger partial charge in [0.05, 0.1) is 18.9 Å². The van der Waals surface area contributed by atoms with Gasteiger partial charge in [-0.15, -0.1) is 0 Å².